The Morgan fingerprint density at radius 3 is 2.89 bits per heavy atom. The lowest BCUT2D eigenvalue weighted by Gasteiger charge is -2.08. The third kappa shape index (κ3) is 3.40. The van der Waals surface area contributed by atoms with Crippen LogP contribution in [-0.4, -0.2) is 33.1 Å². The summed E-state index contributed by atoms with van der Waals surface area (Å²) in [6.07, 6.45) is 0.642. The number of thiophene rings is 1. The van der Waals surface area contributed by atoms with Gasteiger partial charge in [0.05, 0.1) is 12.3 Å². The first kappa shape index (κ1) is 17.9. The van der Waals surface area contributed by atoms with Crippen LogP contribution in [0, 0.1) is 6.92 Å². The largest absolute Gasteiger partial charge is 0.465 e. The molecule has 0 unspecified atom stereocenters. The number of esters is 1. The maximum Gasteiger partial charge on any atom is 0.302 e. The number of rotatable bonds is 4. The lowest BCUT2D eigenvalue weighted by molar-refractivity contribution is -0.140. The molecule has 3 aromatic rings. The van der Waals surface area contributed by atoms with Crippen LogP contribution in [0.1, 0.15) is 34.6 Å². The van der Waals surface area contributed by atoms with Crippen molar-refractivity contribution in [2.45, 2.75) is 26.8 Å². The molecule has 0 saturated carbocycles. The Morgan fingerprint density at radius 1 is 1.30 bits per heavy atom. The van der Waals surface area contributed by atoms with Crippen LogP contribution in [0.4, 0.5) is 0 Å². The molecular formula is C19H17ClN4O2S. The number of aromatic nitrogens is 3. The van der Waals surface area contributed by atoms with Gasteiger partial charge in [-0.2, -0.15) is 0 Å². The van der Waals surface area contributed by atoms with Crippen LogP contribution in [-0.2, 0) is 22.5 Å². The van der Waals surface area contributed by atoms with Gasteiger partial charge in [-0.3, -0.25) is 14.4 Å². The Kier molecular flexibility index (Phi) is 4.80. The van der Waals surface area contributed by atoms with Crippen LogP contribution in [0.2, 0.25) is 5.02 Å². The van der Waals surface area contributed by atoms with Gasteiger partial charge in [-0.05, 0) is 19.1 Å². The molecule has 1 aliphatic rings. The first-order valence-corrected chi connectivity index (χ1v) is 9.71. The van der Waals surface area contributed by atoms with E-state index in [2.05, 4.69) is 16.3 Å². The Balaban J connectivity index is 1.82. The van der Waals surface area contributed by atoms with E-state index in [1.54, 1.807) is 11.3 Å². The van der Waals surface area contributed by atoms with Crippen LogP contribution in [0.15, 0.2) is 35.3 Å². The Hall–Kier alpha value is -2.51. The number of halogens is 1. The zero-order valence-corrected chi connectivity index (χ0v) is 16.5. The van der Waals surface area contributed by atoms with E-state index >= 15 is 0 Å². The minimum Gasteiger partial charge on any atom is -0.465 e. The summed E-state index contributed by atoms with van der Waals surface area (Å²) in [6, 6.07) is 9.79. The molecule has 1 aliphatic heterocycles. The van der Waals surface area contributed by atoms with Gasteiger partial charge in [-0.25, -0.2) is 0 Å². The molecular weight excluding hydrogens is 384 g/mol. The summed E-state index contributed by atoms with van der Waals surface area (Å²) in [4.78, 5) is 17.0. The Morgan fingerprint density at radius 2 is 2.11 bits per heavy atom. The summed E-state index contributed by atoms with van der Waals surface area (Å²) in [7, 11) is 0. The number of ether oxygens (including phenoxy) is 1. The van der Waals surface area contributed by atoms with Crippen molar-refractivity contribution in [1.29, 1.82) is 0 Å². The quantitative estimate of drug-likeness (QED) is 0.625. The molecule has 0 saturated heterocycles. The molecule has 138 valence electrons. The molecule has 0 spiro atoms. The van der Waals surface area contributed by atoms with Crippen LogP contribution in [0.25, 0.3) is 5.00 Å². The van der Waals surface area contributed by atoms with Crippen LogP contribution >= 0.6 is 22.9 Å². The minimum atomic E-state index is -0.275. The molecule has 1 aromatic carbocycles. The smallest absolute Gasteiger partial charge is 0.302 e. The van der Waals surface area contributed by atoms with Gasteiger partial charge < -0.3 is 4.74 Å². The summed E-state index contributed by atoms with van der Waals surface area (Å²) >= 11 is 8.08. The van der Waals surface area contributed by atoms with Gasteiger partial charge in [0.15, 0.2) is 5.82 Å². The van der Waals surface area contributed by atoms with E-state index in [-0.39, 0.29) is 5.97 Å². The monoisotopic (exact) mass is 400 g/mol. The maximum absolute atomic E-state index is 11.0. The highest BCUT2D eigenvalue weighted by Gasteiger charge is 2.25. The van der Waals surface area contributed by atoms with Gasteiger partial charge in [-0.15, -0.1) is 21.5 Å². The number of nitrogens with zero attached hydrogens (tertiary/aromatic N) is 4. The van der Waals surface area contributed by atoms with Gasteiger partial charge >= 0.3 is 5.97 Å². The molecule has 2 aromatic heterocycles. The lowest BCUT2D eigenvalue weighted by atomic mass is 10.0. The van der Waals surface area contributed by atoms with Crippen molar-refractivity contribution < 1.29 is 9.53 Å². The maximum atomic E-state index is 11.0. The second-order valence-electron chi connectivity index (χ2n) is 6.17. The molecule has 0 atom stereocenters. The van der Waals surface area contributed by atoms with Crippen LogP contribution in [0.3, 0.4) is 0 Å². The summed E-state index contributed by atoms with van der Waals surface area (Å²) in [6.45, 7) is 4.13. The predicted molar refractivity (Wildman–Crippen MR) is 105 cm³/mol. The van der Waals surface area contributed by atoms with Crippen LogP contribution in [0.5, 0.6) is 0 Å². The van der Waals surface area contributed by atoms with Gasteiger partial charge in [0.2, 0.25) is 0 Å². The third-order valence-corrected chi connectivity index (χ3v) is 5.78. The van der Waals surface area contributed by atoms with Crippen molar-refractivity contribution in [3.8, 4) is 5.00 Å². The number of hydrogen-bond donors (Lipinski definition) is 0. The van der Waals surface area contributed by atoms with Crippen molar-refractivity contribution in [2.24, 2.45) is 4.99 Å². The summed E-state index contributed by atoms with van der Waals surface area (Å²) in [5, 5.41) is 10.1. The zero-order chi connectivity index (χ0) is 19.0. The van der Waals surface area contributed by atoms with E-state index in [0.717, 1.165) is 38.4 Å². The molecule has 3 heterocycles. The SMILES string of the molecule is CC(=O)OCCc1cc2c(s1)-n1c(C)nnc1CN=C2c1ccccc1Cl. The summed E-state index contributed by atoms with van der Waals surface area (Å²) < 4.78 is 7.14. The standard InChI is InChI=1S/C19H17ClN4O2S/c1-11-22-23-17-10-21-18(14-5-3-4-6-16(14)20)15-9-13(7-8-26-12(2)25)27-19(15)24(11)17/h3-6,9H,7-8,10H2,1-2H3. The highest BCUT2D eigenvalue weighted by molar-refractivity contribution is 7.15. The average Bonchev–Trinajstić information content (AvgIpc) is 3.16. The molecule has 0 fully saturated rings. The third-order valence-electron chi connectivity index (χ3n) is 4.27. The number of carbonyl (C=O) groups excluding carboxylic acids is 1. The van der Waals surface area contributed by atoms with Crippen molar-refractivity contribution in [3.05, 3.63) is 63.0 Å². The van der Waals surface area contributed by atoms with Gasteiger partial charge in [0, 0.05) is 34.4 Å². The number of benzene rings is 1. The molecule has 0 N–H and O–H groups in total. The second kappa shape index (κ2) is 7.25. The molecule has 0 bridgehead atoms. The number of aliphatic imine (C=N–C) groups is 1. The Bertz CT molecular complexity index is 1050. The van der Waals surface area contributed by atoms with Gasteiger partial charge in [-0.1, -0.05) is 29.8 Å². The van der Waals surface area contributed by atoms with Crippen molar-refractivity contribution in [3.63, 3.8) is 0 Å². The van der Waals surface area contributed by atoms with Crippen molar-refractivity contribution >= 4 is 34.6 Å². The molecule has 8 heteroatoms. The molecule has 4 rings (SSSR count). The first-order chi connectivity index (χ1) is 13.0. The second-order valence-corrected chi connectivity index (χ2v) is 7.69. The summed E-state index contributed by atoms with van der Waals surface area (Å²) in [5.74, 6) is 1.34. The fourth-order valence-corrected chi connectivity index (χ4v) is 4.51. The topological polar surface area (TPSA) is 69.4 Å². The number of fused-ring (bicyclic) bond motifs is 3. The van der Waals surface area contributed by atoms with Crippen molar-refractivity contribution in [2.75, 3.05) is 6.61 Å². The molecule has 27 heavy (non-hydrogen) atoms. The van der Waals surface area contributed by atoms with Gasteiger partial charge in [0.25, 0.3) is 0 Å². The summed E-state index contributed by atoms with van der Waals surface area (Å²) in [5.41, 5.74) is 2.73. The van der Waals surface area contributed by atoms with E-state index in [1.807, 2.05) is 35.8 Å². The highest BCUT2D eigenvalue weighted by Crippen LogP contribution is 2.34. The lowest BCUT2D eigenvalue weighted by Crippen LogP contribution is -2.06. The minimum absolute atomic E-state index is 0.275. The fourth-order valence-electron chi connectivity index (χ4n) is 3.08. The normalized spacial score (nSPS) is 12.8. The number of aryl methyl sites for hydroxylation is 1. The van der Waals surface area contributed by atoms with E-state index < -0.39 is 0 Å². The van der Waals surface area contributed by atoms with Crippen molar-refractivity contribution in [1.82, 2.24) is 14.8 Å². The van der Waals surface area contributed by atoms with E-state index in [0.29, 0.717) is 24.6 Å². The number of carbonyl (C=O) groups is 1. The highest BCUT2D eigenvalue weighted by atomic mass is 35.5. The Labute approximate surface area is 165 Å². The van der Waals surface area contributed by atoms with E-state index in [9.17, 15) is 4.79 Å². The number of hydrogen-bond acceptors (Lipinski definition) is 6. The first-order valence-electron chi connectivity index (χ1n) is 8.51. The fraction of sp³-hybridized carbons (Fsp3) is 0.263. The van der Waals surface area contributed by atoms with Gasteiger partial charge in [0.1, 0.15) is 17.4 Å². The molecule has 6 nitrogen and oxygen atoms in total. The zero-order valence-electron chi connectivity index (χ0n) is 14.9. The average molecular weight is 401 g/mol. The van der Waals surface area contributed by atoms with Crippen LogP contribution < -0.4 is 0 Å². The molecule has 0 amide bonds. The molecule has 0 radical (unpaired) electrons. The van der Waals surface area contributed by atoms with E-state index in [4.69, 9.17) is 21.3 Å². The molecule has 0 aliphatic carbocycles. The predicted octanol–water partition coefficient (Wildman–Crippen LogP) is 3.75. The van der Waals surface area contributed by atoms with E-state index in [1.165, 1.54) is 6.92 Å².